The molecule has 2 aromatic rings. The summed E-state index contributed by atoms with van der Waals surface area (Å²) in [6.07, 6.45) is 10.1. The molecule has 24 heavy (non-hydrogen) atoms. The van der Waals surface area contributed by atoms with Gasteiger partial charge in [-0.2, -0.15) is 5.10 Å². The van der Waals surface area contributed by atoms with E-state index in [1.165, 1.54) is 19.8 Å². The van der Waals surface area contributed by atoms with Gasteiger partial charge in [-0.1, -0.05) is 25.0 Å². The van der Waals surface area contributed by atoms with Crippen molar-refractivity contribution in [2.75, 3.05) is 13.1 Å². The Morgan fingerprint density at radius 2 is 1.92 bits per heavy atom. The number of aromatic nitrogens is 2. The van der Waals surface area contributed by atoms with Crippen LogP contribution in [0.3, 0.4) is 0 Å². The highest BCUT2D eigenvalue weighted by Crippen LogP contribution is 2.21. The van der Waals surface area contributed by atoms with E-state index >= 15 is 0 Å². The number of ether oxygens (including phenoxy) is 1. The first-order valence-corrected chi connectivity index (χ1v) is 8.34. The number of hydrogen-bond acceptors (Lipinski definition) is 5. The molecule has 0 amide bonds. The number of para-hydroxylation sites is 1. The van der Waals surface area contributed by atoms with Gasteiger partial charge in [-0.05, 0) is 25.0 Å². The van der Waals surface area contributed by atoms with E-state index in [0.717, 1.165) is 31.5 Å². The van der Waals surface area contributed by atoms with E-state index in [1.54, 1.807) is 18.6 Å². The molecule has 1 aliphatic heterocycles. The molecule has 0 radical (unpaired) electrons. The molecule has 6 heteroatoms. The average molecular weight is 326 g/mol. The Hall–Kier alpha value is -2.63. The van der Waals surface area contributed by atoms with Crippen molar-refractivity contribution in [1.82, 2.24) is 14.6 Å². The molecule has 0 unspecified atom stereocenters. The summed E-state index contributed by atoms with van der Waals surface area (Å²) in [5.41, 5.74) is 0.773. The van der Waals surface area contributed by atoms with Gasteiger partial charge in [0, 0.05) is 32.4 Å². The number of benzene rings is 1. The number of hydrogen-bond donors (Lipinski definition) is 0. The van der Waals surface area contributed by atoms with Gasteiger partial charge in [0.1, 0.15) is 12.1 Å². The SMILES string of the molecule is CC(=O)Oc1ccccc1C(=NN1CCCCCC1)n1ccnc1. The maximum Gasteiger partial charge on any atom is 0.308 e. The molecule has 6 nitrogen and oxygen atoms in total. The van der Waals surface area contributed by atoms with Crippen LogP contribution in [0.2, 0.25) is 0 Å². The minimum Gasteiger partial charge on any atom is -0.426 e. The molecule has 1 aliphatic rings. The second kappa shape index (κ2) is 7.77. The molecular formula is C18H22N4O2. The van der Waals surface area contributed by atoms with Crippen LogP contribution in [0.5, 0.6) is 5.75 Å². The van der Waals surface area contributed by atoms with E-state index in [2.05, 4.69) is 9.99 Å². The van der Waals surface area contributed by atoms with Crippen LogP contribution < -0.4 is 4.74 Å². The summed E-state index contributed by atoms with van der Waals surface area (Å²) in [4.78, 5) is 15.5. The van der Waals surface area contributed by atoms with E-state index < -0.39 is 0 Å². The Kier molecular flexibility index (Phi) is 5.25. The van der Waals surface area contributed by atoms with Crippen LogP contribution in [0, 0.1) is 0 Å². The van der Waals surface area contributed by atoms with Crippen molar-refractivity contribution in [2.45, 2.75) is 32.6 Å². The van der Waals surface area contributed by atoms with E-state index in [4.69, 9.17) is 9.84 Å². The molecule has 1 saturated heterocycles. The highest BCUT2D eigenvalue weighted by molar-refractivity contribution is 6.02. The Morgan fingerprint density at radius 3 is 2.58 bits per heavy atom. The van der Waals surface area contributed by atoms with Crippen molar-refractivity contribution < 1.29 is 9.53 Å². The normalized spacial score (nSPS) is 15.9. The highest BCUT2D eigenvalue weighted by atomic mass is 16.5. The quantitative estimate of drug-likeness (QED) is 0.377. The van der Waals surface area contributed by atoms with Gasteiger partial charge >= 0.3 is 5.97 Å². The third-order valence-corrected chi connectivity index (χ3v) is 3.95. The summed E-state index contributed by atoms with van der Waals surface area (Å²) in [7, 11) is 0. The average Bonchev–Trinajstić information content (AvgIpc) is 2.97. The Morgan fingerprint density at radius 1 is 1.17 bits per heavy atom. The Bertz CT molecular complexity index is 702. The summed E-state index contributed by atoms with van der Waals surface area (Å²) in [6.45, 7) is 3.28. The number of rotatable bonds is 3. The van der Waals surface area contributed by atoms with Crippen LogP contribution in [0.15, 0.2) is 48.1 Å². The van der Waals surface area contributed by atoms with Gasteiger partial charge in [-0.3, -0.25) is 14.4 Å². The maximum absolute atomic E-state index is 11.4. The number of esters is 1. The smallest absolute Gasteiger partial charge is 0.308 e. The van der Waals surface area contributed by atoms with Crippen LogP contribution in [0.25, 0.3) is 0 Å². The van der Waals surface area contributed by atoms with Gasteiger partial charge in [0.2, 0.25) is 0 Å². The molecule has 0 N–H and O–H groups in total. The van der Waals surface area contributed by atoms with Crippen molar-refractivity contribution in [3.63, 3.8) is 0 Å². The number of nitrogens with zero attached hydrogens (tertiary/aromatic N) is 4. The summed E-state index contributed by atoms with van der Waals surface area (Å²) >= 11 is 0. The lowest BCUT2D eigenvalue weighted by Gasteiger charge is -2.20. The van der Waals surface area contributed by atoms with E-state index in [0.29, 0.717) is 11.6 Å². The molecule has 126 valence electrons. The molecule has 1 fully saturated rings. The monoisotopic (exact) mass is 326 g/mol. The molecule has 3 rings (SSSR count). The molecule has 0 bridgehead atoms. The lowest BCUT2D eigenvalue weighted by atomic mass is 10.2. The first-order chi connectivity index (χ1) is 11.7. The van der Waals surface area contributed by atoms with Gasteiger partial charge in [0.15, 0.2) is 5.84 Å². The van der Waals surface area contributed by atoms with Crippen molar-refractivity contribution in [2.24, 2.45) is 5.10 Å². The molecule has 1 aromatic carbocycles. The fourth-order valence-electron chi connectivity index (χ4n) is 2.81. The van der Waals surface area contributed by atoms with Crippen LogP contribution in [0.1, 0.15) is 38.2 Å². The minimum atomic E-state index is -0.345. The zero-order chi connectivity index (χ0) is 16.8. The molecule has 0 atom stereocenters. The van der Waals surface area contributed by atoms with Crippen molar-refractivity contribution >= 4 is 11.8 Å². The number of imidazole rings is 1. The third-order valence-electron chi connectivity index (χ3n) is 3.95. The third kappa shape index (κ3) is 4.01. The molecule has 0 aliphatic carbocycles. The van der Waals surface area contributed by atoms with Gasteiger partial charge in [-0.25, -0.2) is 4.98 Å². The standard InChI is InChI=1S/C18H22N4O2/c1-15(23)24-17-9-5-4-8-16(17)18(21-13-10-19-14-21)20-22-11-6-2-3-7-12-22/h4-5,8-10,13-14H,2-3,6-7,11-12H2,1H3. The van der Waals surface area contributed by atoms with Crippen LogP contribution in [-0.2, 0) is 4.79 Å². The van der Waals surface area contributed by atoms with Gasteiger partial charge in [0.05, 0.1) is 5.56 Å². The molecule has 0 spiro atoms. The van der Waals surface area contributed by atoms with E-state index in [9.17, 15) is 4.79 Å². The summed E-state index contributed by atoms with van der Waals surface area (Å²) in [5, 5.41) is 6.96. The highest BCUT2D eigenvalue weighted by Gasteiger charge is 2.16. The van der Waals surface area contributed by atoms with Crippen molar-refractivity contribution in [3.05, 3.63) is 48.5 Å². The Labute approximate surface area is 141 Å². The second-order valence-corrected chi connectivity index (χ2v) is 5.85. The van der Waals surface area contributed by atoms with Crippen LogP contribution >= 0.6 is 0 Å². The predicted molar refractivity (Wildman–Crippen MR) is 92.0 cm³/mol. The lowest BCUT2D eigenvalue weighted by molar-refractivity contribution is -0.131. The molecule has 1 aromatic heterocycles. The lowest BCUT2D eigenvalue weighted by Crippen LogP contribution is -2.24. The van der Waals surface area contributed by atoms with Gasteiger partial charge in [-0.15, -0.1) is 0 Å². The molecule has 0 saturated carbocycles. The molecule has 2 heterocycles. The summed E-state index contributed by atoms with van der Waals surface area (Å²) in [5.74, 6) is 0.876. The largest absolute Gasteiger partial charge is 0.426 e. The van der Waals surface area contributed by atoms with E-state index in [-0.39, 0.29) is 5.97 Å². The van der Waals surface area contributed by atoms with Crippen LogP contribution in [-0.4, -0.2) is 39.5 Å². The van der Waals surface area contributed by atoms with Gasteiger partial charge in [0.25, 0.3) is 0 Å². The summed E-state index contributed by atoms with van der Waals surface area (Å²) < 4.78 is 7.22. The first-order valence-electron chi connectivity index (χ1n) is 8.34. The minimum absolute atomic E-state index is 0.345. The van der Waals surface area contributed by atoms with E-state index in [1.807, 2.05) is 29.0 Å². The molecular weight excluding hydrogens is 304 g/mol. The fraction of sp³-hybridized carbons (Fsp3) is 0.389. The van der Waals surface area contributed by atoms with Crippen molar-refractivity contribution in [3.8, 4) is 5.75 Å². The second-order valence-electron chi connectivity index (χ2n) is 5.85. The predicted octanol–water partition coefficient (Wildman–Crippen LogP) is 2.89. The number of carbonyl (C=O) groups is 1. The van der Waals surface area contributed by atoms with Crippen molar-refractivity contribution in [1.29, 1.82) is 0 Å². The zero-order valence-electron chi connectivity index (χ0n) is 13.9. The maximum atomic E-state index is 11.4. The van der Waals surface area contributed by atoms with Gasteiger partial charge < -0.3 is 4.74 Å². The Balaban J connectivity index is 2.01. The number of carbonyl (C=O) groups excluding carboxylic acids is 1. The summed E-state index contributed by atoms with van der Waals surface area (Å²) in [6, 6.07) is 7.46. The zero-order valence-corrected chi connectivity index (χ0v) is 13.9. The van der Waals surface area contributed by atoms with Crippen LogP contribution in [0.4, 0.5) is 0 Å². The first kappa shape index (κ1) is 16.2. The fourth-order valence-corrected chi connectivity index (χ4v) is 2.81. The number of hydrazone groups is 1. The topological polar surface area (TPSA) is 59.7 Å².